The molecule has 1 amide bonds. The van der Waals surface area contributed by atoms with Crippen molar-refractivity contribution in [2.75, 3.05) is 20.1 Å². The maximum absolute atomic E-state index is 12.3. The van der Waals surface area contributed by atoms with Crippen molar-refractivity contribution in [3.63, 3.8) is 0 Å². The highest BCUT2D eigenvalue weighted by atomic mass is 16.1. The smallest absolute Gasteiger partial charge is 0.224 e. The van der Waals surface area contributed by atoms with Crippen LogP contribution in [0, 0.1) is 13.8 Å². The molecule has 1 aliphatic rings. The SMILES string of the molecule is Cc1nc2ccccc2c(C)c1CC(=O)NCCN(C)C1CC1. The van der Waals surface area contributed by atoms with Crippen LogP contribution in [0.25, 0.3) is 10.9 Å². The van der Waals surface area contributed by atoms with Gasteiger partial charge < -0.3 is 10.2 Å². The predicted molar refractivity (Wildman–Crippen MR) is 93.6 cm³/mol. The van der Waals surface area contributed by atoms with E-state index < -0.39 is 0 Å². The van der Waals surface area contributed by atoms with Crippen LogP contribution in [0.5, 0.6) is 0 Å². The van der Waals surface area contributed by atoms with Crippen molar-refractivity contribution < 1.29 is 4.79 Å². The lowest BCUT2D eigenvalue weighted by atomic mass is 9.99. The molecule has 23 heavy (non-hydrogen) atoms. The molecule has 3 rings (SSSR count). The third kappa shape index (κ3) is 3.70. The van der Waals surface area contributed by atoms with Crippen LogP contribution >= 0.6 is 0 Å². The molecule has 1 aromatic heterocycles. The van der Waals surface area contributed by atoms with E-state index in [0.717, 1.165) is 34.7 Å². The van der Waals surface area contributed by atoms with Crippen molar-refractivity contribution in [1.82, 2.24) is 15.2 Å². The van der Waals surface area contributed by atoms with Crippen LogP contribution in [0.4, 0.5) is 0 Å². The lowest BCUT2D eigenvalue weighted by molar-refractivity contribution is -0.120. The lowest BCUT2D eigenvalue weighted by Gasteiger charge is -2.16. The van der Waals surface area contributed by atoms with Crippen molar-refractivity contribution >= 4 is 16.8 Å². The monoisotopic (exact) mass is 311 g/mol. The molecule has 1 heterocycles. The van der Waals surface area contributed by atoms with E-state index in [9.17, 15) is 4.79 Å². The summed E-state index contributed by atoms with van der Waals surface area (Å²) in [5.74, 6) is 0.0810. The number of aryl methyl sites for hydroxylation is 2. The van der Waals surface area contributed by atoms with Crippen molar-refractivity contribution in [1.29, 1.82) is 0 Å². The van der Waals surface area contributed by atoms with E-state index in [1.54, 1.807) is 0 Å². The van der Waals surface area contributed by atoms with Crippen LogP contribution in [-0.4, -0.2) is 42.0 Å². The van der Waals surface area contributed by atoms with Gasteiger partial charge in [-0.05, 0) is 50.9 Å². The Bertz CT molecular complexity index is 722. The van der Waals surface area contributed by atoms with Crippen LogP contribution < -0.4 is 5.32 Å². The fraction of sp³-hybridized carbons (Fsp3) is 0.474. The van der Waals surface area contributed by atoms with Gasteiger partial charge in [-0.1, -0.05) is 18.2 Å². The first-order valence-electron chi connectivity index (χ1n) is 8.38. The summed E-state index contributed by atoms with van der Waals surface area (Å²) in [6.45, 7) is 5.71. The van der Waals surface area contributed by atoms with E-state index in [4.69, 9.17) is 0 Å². The number of likely N-dealkylation sites (N-methyl/N-ethyl adjacent to an activating group) is 1. The average molecular weight is 311 g/mol. The summed E-state index contributed by atoms with van der Waals surface area (Å²) >= 11 is 0. The number of carbonyl (C=O) groups excluding carboxylic acids is 1. The number of hydrogen-bond donors (Lipinski definition) is 1. The maximum atomic E-state index is 12.3. The third-order valence-electron chi connectivity index (χ3n) is 4.78. The number of benzene rings is 1. The number of carbonyl (C=O) groups is 1. The molecular weight excluding hydrogens is 286 g/mol. The van der Waals surface area contributed by atoms with Gasteiger partial charge in [0.2, 0.25) is 5.91 Å². The maximum Gasteiger partial charge on any atom is 0.224 e. The van der Waals surface area contributed by atoms with Gasteiger partial charge in [-0.25, -0.2) is 0 Å². The minimum absolute atomic E-state index is 0.0810. The molecule has 0 radical (unpaired) electrons. The van der Waals surface area contributed by atoms with Crippen molar-refractivity contribution in [3.05, 3.63) is 41.1 Å². The Morgan fingerprint density at radius 3 is 2.78 bits per heavy atom. The van der Waals surface area contributed by atoms with Crippen LogP contribution in [-0.2, 0) is 11.2 Å². The van der Waals surface area contributed by atoms with Crippen LogP contribution in [0.1, 0.15) is 29.7 Å². The summed E-state index contributed by atoms with van der Waals surface area (Å²) in [6.07, 6.45) is 3.00. The molecule has 1 fully saturated rings. The van der Waals surface area contributed by atoms with Crippen LogP contribution in [0.15, 0.2) is 24.3 Å². The van der Waals surface area contributed by atoms with Gasteiger partial charge in [0.15, 0.2) is 0 Å². The van der Waals surface area contributed by atoms with E-state index >= 15 is 0 Å². The second kappa shape index (κ2) is 6.67. The summed E-state index contributed by atoms with van der Waals surface area (Å²) in [5.41, 5.74) is 4.17. The Kier molecular flexibility index (Phi) is 4.62. The zero-order valence-electron chi connectivity index (χ0n) is 14.2. The summed E-state index contributed by atoms with van der Waals surface area (Å²) in [6, 6.07) is 8.85. The standard InChI is InChI=1S/C19H25N3O/c1-13-16-6-4-5-7-18(16)21-14(2)17(13)12-19(23)20-10-11-22(3)15-8-9-15/h4-7,15H,8-12H2,1-3H3,(H,20,23). The van der Waals surface area contributed by atoms with Crippen LogP contribution in [0.2, 0.25) is 0 Å². The largest absolute Gasteiger partial charge is 0.355 e. The highest BCUT2D eigenvalue weighted by molar-refractivity contribution is 5.86. The molecule has 0 aliphatic heterocycles. The highest BCUT2D eigenvalue weighted by Crippen LogP contribution is 2.25. The minimum atomic E-state index is 0.0810. The van der Waals surface area contributed by atoms with Gasteiger partial charge in [0, 0.05) is 30.2 Å². The van der Waals surface area contributed by atoms with E-state index in [0.29, 0.717) is 13.0 Å². The third-order valence-corrected chi connectivity index (χ3v) is 4.78. The van der Waals surface area contributed by atoms with E-state index in [1.165, 1.54) is 18.4 Å². The normalized spacial score (nSPS) is 14.4. The Labute approximate surface area is 137 Å². The Hall–Kier alpha value is -1.94. The molecule has 4 heteroatoms. The summed E-state index contributed by atoms with van der Waals surface area (Å²) in [4.78, 5) is 19.2. The molecule has 122 valence electrons. The van der Waals surface area contributed by atoms with Gasteiger partial charge >= 0.3 is 0 Å². The number of fused-ring (bicyclic) bond motifs is 1. The molecule has 0 bridgehead atoms. The molecule has 1 aliphatic carbocycles. The zero-order chi connectivity index (χ0) is 16.4. The minimum Gasteiger partial charge on any atom is -0.355 e. The quantitative estimate of drug-likeness (QED) is 0.892. The van der Waals surface area contributed by atoms with Gasteiger partial charge in [0.05, 0.1) is 11.9 Å². The molecule has 1 saturated carbocycles. The van der Waals surface area contributed by atoms with Crippen molar-refractivity contribution in [2.45, 2.75) is 39.2 Å². The van der Waals surface area contributed by atoms with Crippen molar-refractivity contribution in [3.8, 4) is 0 Å². The first-order chi connectivity index (χ1) is 11.1. The van der Waals surface area contributed by atoms with Gasteiger partial charge in [-0.15, -0.1) is 0 Å². The Morgan fingerprint density at radius 1 is 1.30 bits per heavy atom. The molecule has 0 saturated heterocycles. The molecule has 2 aromatic rings. The topological polar surface area (TPSA) is 45.2 Å². The first-order valence-corrected chi connectivity index (χ1v) is 8.38. The number of hydrogen-bond acceptors (Lipinski definition) is 3. The number of para-hydroxylation sites is 1. The van der Waals surface area contributed by atoms with Gasteiger partial charge in [0.25, 0.3) is 0 Å². The van der Waals surface area contributed by atoms with Crippen LogP contribution in [0.3, 0.4) is 0 Å². The van der Waals surface area contributed by atoms with Gasteiger partial charge in [-0.2, -0.15) is 0 Å². The summed E-state index contributed by atoms with van der Waals surface area (Å²) < 4.78 is 0. The molecule has 0 atom stereocenters. The van der Waals surface area contributed by atoms with E-state index in [1.807, 2.05) is 25.1 Å². The number of nitrogens with one attached hydrogen (secondary N) is 1. The second-order valence-corrected chi connectivity index (χ2v) is 6.56. The highest BCUT2D eigenvalue weighted by Gasteiger charge is 2.25. The number of rotatable bonds is 6. The van der Waals surface area contributed by atoms with E-state index in [2.05, 4.69) is 35.2 Å². The van der Waals surface area contributed by atoms with Gasteiger partial charge in [-0.3, -0.25) is 9.78 Å². The summed E-state index contributed by atoms with van der Waals surface area (Å²) in [5, 5.41) is 4.17. The molecule has 4 nitrogen and oxygen atoms in total. The molecule has 0 unspecified atom stereocenters. The summed E-state index contributed by atoms with van der Waals surface area (Å²) in [7, 11) is 2.13. The number of aromatic nitrogens is 1. The lowest BCUT2D eigenvalue weighted by Crippen LogP contribution is -2.34. The second-order valence-electron chi connectivity index (χ2n) is 6.56. The molecular formula is C19H25N3O. The number of amides is 1. The zero-order valence-corrected chi connectivity index (χ0v) is 14.2. The fourth-order valence-electron chi connectivity index (χ4n) is 3.12. The molecule has 0 spiro atoms. The number of pyridine rings is 1. The van der Waals surface area contributed by atoms with E-state index in [-0.39, 0.29) is 5.91 Å². The Balaban J connectivity index is 1.64. The molecule has 1 aromatic carbocycles. The fourth-order valence-corrected chi connectivity index (χ4v) is 3.12. The van der Waals surface area contributed by atoms with Gasteiger partial charge in [0.1, 0.15) is 0 Å². The predicted octanol–water partition coefficient (Wildman–Crippen LogP) is 2.60. The molecule has 1 N–H and O–H groups in total. The Morgan fingerprint density at radius 2 is 2.04 bits per heavy atom. The first kappa shape index (κ1) is 15.9. The average Bonchev–Trinajstić information content (AvgIpc) is 3.36. The number of nitrogens with zero attached hydrogens (tertiary/aromatic N) is 2. The van der Waals surface area contributed by atoms with Crippen molar-refractivity contribution in [2.24, 2.45) is 0 Å².